The molecule has 262 valence electrons. The number of rotatable bonds is 10. The molecule has 0 unspecified atom stereocenters. The van der Waals surface area contributed by atoms with Crippen molar-refractivity contribution in [1.29, 1.82) is 0 Å². The molecule has 0 saturated carbocycles. The van der Waals surface area contributed by atoms with Crippen LogP contribution < -0.4 is 20.2 Å². The molecular formula is C33H31F5N8O4. The number of hydrogen-bond acceptors (Lipinski definition) is 9. The summed E-state index contributed by atoms with van der Waals surface area (Å²) in [7, 11) is 0. The minimum Gasteiger partial charge on any atom is -0.491 e. The summed E-state index contributed by atoms with van der Waals surface area (Å²) >= 11 is 0. The number of nitrogens with zero attached hydrogens (tertiary/aromatic N) is 8. The maximum Gasteiger partial charge on any atom is 0.408 e. The summed E-state index contributed by atoms with van der Waals surface area (Å²) in [4.78, 5) is 20.7. The molecule has 2 aromatic heterocycles. The van der Waals surface area contributed by atoms with Gasteiger partial charge in [-0.1, -0.05) is 0 Å². The van der Waals surface area contributed by atoms with Gasteiger partial charge in [-0.3, -0.25) is 0 Å². The molecule has 2 aliphatic heterocycles. The first kappa shape index (κ1) is 33.2. The van der Waals surface area contributed by atoms with Gasteiger partial charge >= 0.3 is 11.9 Å². The van der Waals surface area contributed by atoms with E-state index < -0.39 is 41.9 Å². The lowest BCUT2D eigenvalue weighted by Gasteiger charge is -2.37. The second-order valence-electron chi connectivity index (χ2n) is 11.9. The lowest BCUT2D eigenvalue weighted by molar-refractivity contribution is -0.192. The number of aromatic nitrogens is 6. The molecule has 0 N–H and O–H groups in total. The SMILES string of the molecule is O=c1n(-c2ccc(N3CCN(c4ccc(OC[C@@H]5CO[C@@](Cn6cncn6)(c6ccc(F)cc6F)O5)cc4)CC3)cc2)cnn1CC(F)(F)F. The molecular weight excluding hydrogens is 667 g/mol. The number of anilines is 2. The van der Waals surface area contributed by atoms with Gasteiger partial charge in [0.2, 0.25) is 5.79 Å². The predicted molar refractivity (Wildman–Crippen MR) is 169 cm³/mol. The van der Waals surface area contributed by atoms with Gasteiger partial charge in [0.05, 0.1) is 12.3 Å². The Kier molecular flexibility index (Phi) is 9.00. The summed E-state index contributed by atoms with van der Waals surface area (Å²) in [6.07, 6.45) is -1.21. The van der Waals surface area contributed by atoms with Crippen LogP contribution in [-0.2, 0) is 28.4 Å². The van der Waals surface area contributed by atoms with Crippen LogP contribution in [0, 0.1) is 11.6 Å². The van der Waals surface area contributed by atoms with Crippen molar-refractivity contribution in [3.8, 4) is 11.4 Å². The smallest absolute Gasteiger partial charge is 0.408 e. The Balaban J connectivity index is 0.921. The molecule has 0 aliphatic carbocycles. The monoisotopic (exact) mass is 698 g/mol. The summed E-state index contributed by atoms with van der Waals surface area (Å²) < 4.78 is 87.7. The zero-order chi connectivity index (χ0) is 34.9. The van der Waals surface area contributed by atoms with Crippen LogP contribution >= 0.6 is 0 Å². The topological polar surface area (TPSA) is 105 Å². The Hall–Kier alpha value is -5.29. The fraction of sp³-hybridized carbons (Fsp3) is 0.333. The van der Waals surface area contributed by atoms with Gasteiger partial charge in [-0.05, 0) is 60.7 Å². The summed E-state index contributed by atoms with van der Waals surface area (Å²) in [5, 5.41) is 7.66. The zero-order valence-electron chi connectivity index (χ0n) is 26.4. The van der Waals surface area contributed by atoms with Crippen LogP contribution in [0.2, 0.25) is 0 Å². The Morgan fingerprint density at radius 3 is 2.14 bits per heavy atom. The highest BCUT2D eigenvalue weighted by Gasteiger charge is 2.46. The fourth-order valence-corrected chi connectivity index (χ4v) is 6.06. The number of ether oxygens (including phenoxy) is 3. The summed E-state index contributed by atoms with van der Waals surface area (Å²) in [5.74, 6) is -2.44. The maximum atomic E-state index is 14.9. The second kappa shape index (κ2) is 13.5. The van der Waals surface area contributed by atoms with Gasteiger partial charge in [0.25, 0.3) is 0 Å². The van der Waals surface area contributed by atoms with E-state index >= 15 is 0 Å². The van der Waals surface area contributed by atoms with E-state index in [2.05, 4.69) is 25.0 Å². The second-order valence-corrected chi connectivity index (χ2v) is 11.9. The van der Waals surface area contributed by atoms with E-state index in [1.807, 2.05) is 36.4 Å². The van der Waals surface area contributed by atoms with Crippen LogP contribution in [0.5, 0.6) is 5.75 Å². The fourth-order valence-electron chi connectivity index (χ4n) is 6.06. The van der Waals surface area contributed by atoms with Crippen LogP contribution in [0.3, 0.4) is 0 Å². The molecule has 3 aromatic carbocycles. The van der Waals surface area contributed by atoms with E-state index in [1.54, 1.807) is 12.1 Å². The highest BCUT2D eigenvalue weighted by molar-refractivity contribution is 5.54. The number of alkyl halides is 3. The van der Waals surface area contributed by atoms with Crippen molar-refractivity contribution in [3.63, 3.8) is 0 Å². The van der Waals surface area contributed by atoms with E-state index in [-0.39, 0.29) is 25.3 Å². The lowest BCUT2D eigenvalue weighted by atomic mass is 10.0. The molecule has 0 spiro atoms. The van der Waals surface area contributed by atoms with Crippen LogP contribution in [-0.4, -0.2) is 80.8 Å². The summed E-state index contributed by atoms with van der Waals surface area (Å²) in [5.41, 5.74) is 1.56. The van der Waals surface area contributed by atoms with Gasteiger partial charge < -0.3 is 24.0 Å². The van der Waals surface area contributed by atoms with Crippen molar-refractivity contribution in [2.45, 2.75) is 31.2 Å². The number of benzene rings is 3. The van der Waals surface area contributed by atoms with Crippen molar-refractivity contribution in [3.05, 3.63) is 113 Å². The Morgan fingerprint density at radius 1 is 0.860 bits per heavy atom. The summed E-state index contributed by atoms with van der Waals surface area (Å²) in [6, 6.07) is 17.9. The molecule has 50 heavy (non-hydrogen) atoms. The van der Waals surface area contributed by atoms with Gasteiger partial charge in [-0.15, -0.1) is 0 Å². The largest absolute Gasteiger partial charge is 0.491 e. The van der Waals surface area contributed by atoms with Crippen LogP contribution in [0.25, 0.3) is 5.69 Å². The Labute approximate surface area is 281 Å². The first-order valence-corrected chi connectivity index (χ1v) is 15.7. The number of halogens is 5. The number of hydrogen-bond donors (Lipinski definition) is 0. The minimum absolute atomic E-state index is 0.00144. The first-order valence-electron chi connectivity index (χ1n) is 15.7. The van der Waals surface area contributed by atoms with Gasteiger partial charge in [0.15, 0.2) is 0 Å². The molecule has 12 nitrogen and oxygen atoms in total. The molecule has 0 bridgehead atoms. The molecule has 0 amide bonds. The normalized spacial score (nSPS) is 19.7. The Morgan fingerprint density at radius 2 is 1.52 bits per heavy atom. The van der Waals surface area contributed by atoms with Crippen molar-refractivity contribution < 1.29 is 36.2 Å². The average Bonchev–Trinajstić information content (AvgIpc) is 3.85. The highest BCUT2D eigenvalue weighted by Crippen LogP contribution is 2.38. The van der Waals surface area contributed by atoms with Crippen molar-refractivity contribution in [2.75, 3.05) is 49.2 Å². The van der Waals surface area contributed by atoms with Crippen molar-refractivity contribution >= 4 is 11.4 Å². The average molecular weight is 699 g/mol. The molecule has 7 rings (SSSR count). The van der Waals surface area contributed by atoms with Crippen LogP contribution in [0.15, 0.2) is 90.5 Å². The van der Waals surface area contributed by atoms with E-state index in [0.717, 1.165) is 60.6 Å². The summed E-state index contributed by atoms with van der Waals surface area (Å²) in [6.45, 7) is 1.74. The van der Waals surface area contributed by atoms with E-state index in [9.17, 15) is 26.7 Å². The standard InChI is InChI=1S/C33H31F5N8O4/c34-23-1-10-29(30(35)15-23)32(18-44-21-39-20-40-44)49-17-28(50-32)16-48-27-8-6-25(7-9-27)43-13-11-42(12-14-43)24-2-4-26(5-3-24)45-22-41-46(31(45)47)19-33(36,37)38/h1-10,15,20-22,28H,11-14,16-19H2/t28-,32-/m1/s1. The molecule has 0 radical (unpaired) electrons. The quantitative estimate of drug-likeness (QED) is 0.199. The van der Waals surface area contributed by atoms with E-state index in [1.165, 1.54) is 23.4 Å². The molecule has 2 saturated heterocycles. The lowest BCUT2D eigenvalue weighted by Crippen LogP contribution is -2.46. The first-order chi connectivity index (χ1) is 24.0. The van der Waals surface area contributed by atoms with E-state index in [0.29, 0.717) is 16.1 Å². The molecule has 2 aliphatic rings. The Bertz CT molecular complexity index is 1960. The highest BCUT2D eigenvalue weighted by atomic mass is 19.4. The van der Waals surface area contributed by atoms with Gasteiger partial charge in [-0.25, -0.2) is 32.5 Å². The van der Waals surface area contributed by atoms with Crippen LogP contribution in [0.1, 0.15) is 5.56 Å². The molecule has 4 heterocycles. The maximum absolute atomic E-state index is 14.9. The zero-order valence-corrected chi connectivity index (χ0v) is 26.4. The molecule has 17 heteroatoms. The van der Waals surface area contributed by atoms with Crippen LogP contribution in [0.4, 0.5) is 33.3 Å². The van der Waals surface area contributed by atoms with Gasteiger partial charge in [0.1, 0.15) is 62.2 Å². The third-order valence-electron chi connectivity index (χ3n) is 8.51. The molecule has 2 atom stereocenters. The van der Waals surface area contributed by atoms with Gasteiger partial charge in [-0.2, -0.15) is 23.4 Å². The molecule has 5 aromatic rings. The number of piperazine rings is 1. The van der Waals surface area contributed by atoms with Crippen molar-refractivity contribution in [1.82, 2.24) is 29.1 Å². The minimum atomic E-state index is -4.54. The molecule has 2 fully saturated rings. The third kappa shape index (κ3) is 7.18. The van der Waals surface area contributed by atoms with E-state index in [4.69, 9.17) is 14.2 Å². The van der Waals surface area contributed by atoms with Crippen molar-refractivity contribution in [2.24, 2.45) is 0 Å². The predicted octanol–water partition coefficient (Wildman–Crippen LogP) is 4.14. The third-order valence-corrected chi connectivity index (χ3v) is 8.51. The van der Waals surface area contributed by atoms with Gasteiger partial charge in [0, 0.05) is 49.2 Å².